The third-order valence-corrected chi connectivity index (χ3v) is 6.61. The van der Waals surface area contributed by atoms with E-state index in [4.69, 9.17) is 0 Å². The number of carbonyl (C=O) groups is 1. The number of para-hydroxylation sites is 1. The van der Waals surface area contributed by atoms with Crippen molar-refractivity contribution in [2.45, 2.75) is 25.0 Å². The second-order valence-corrected chi connectivity index (χ2v) is 9.76. The molecular weight excluding hydrogens is 497 g/mol. The van der Waals surface area contributed by atoms with Crippen molar-refractivity contribution in [2.24, 2.45) is 4.99 Å². The molecule has 6 nitrogen and oxygen atoms in total. The molecule has 0 radical (unpaired) electrons. The minimum absolute atomic E-state index is 0. The number of hydrogen-bond acceptors (Lipinski definition) is 4. The molecule has 2 saturated heterocycles. The summed E-state index contributed by atoms with van der Waals surface area (Å²) in [7, 11) is 1.82. The number of nitrogens with zero attached hydrogens (tertiary/aromatic N) is 4. The van der Waals surface area contributed by atoms with Gasteiger partial charge in [-0.2, -0.15) is 11.8 Å². The molecule has 3 rings (SSSR count). The van der Waals surface area contributed by atoms with Gasteiger partial charge in [-0.15, -0.1) is 24.0 Å². The number of carbonyl (C=O) groups excluding carboxylic acids is 1. The molecule has 2 aliphatic rings. The fraction of sp³-hybridized carbons (Fsp3) is 0.619. The van der Waals surface area contributed by atoms with E-state index in [1.54, 1.807) is 0 Å². The molecule has 0 atom stereocenters. The van der Waals surface area contributed by atoms with Crippen LogP contribution in [0.5, 0.6) is 0 Å². The fourth-order valence-corrected chi connectivity index (χ4v) is 4.93. The molecule has 2 fully saturated rings. The molecule has 162 valence electrons. The van der Waals surface area contributed by atoms with Gasteiger partial charge < -0.3 is 20.0 Å². The zero-order valence-electron chi connectivity index (χ0n) is 17.8. The van der Waals surface area contributed by atoms with E-state index in [2.05, 4.69) is 58.2 Å². The van der Waals surface area contributed by atoms with E-state index in [-0.39, 0.29) is 34.6 Å². The number of amides is 1. The SMILES string of the molecule is CN=C(NCCC(=O)N1CCN(c2ccccc2)CC1)N1CCSC(C)(C)C1.I. The number of hydrogen-bond donors (Lipinski definition) is 1. The monoisotopic (exact) mass is 531 g/mol. The molecule has 0 aliphatic carbocycles. The van der Waals surface area contributed by atoms with Gasteiger partial charge >= 0.3 is 0 Å². The van der Waals surface area contributed by atoms with Crippen molar-refractivity contribution in [3.05, 3.63) is 30.3 Å². The van der Waals surface area contributed by atoms with Crippen molar-refractivity contribution < 1.29 is 4.79 Å². The Balaban J connectivity index is 0.00000300. The van der Waals surface area contributed by atoms with Gasteiger partial charge in [0.1, 0.15) is 0 Å². The van der Waals surface area contributed by atoms with Gasteiger partial charge in [-0.25, -0.2) is 0 Å². The Morgan fingerprint density at radius 1 is 1.10 bits per heavy atom. The Kier molecular flexibility index (Phi) is 9.39. The quantitative estimate of drug-likeness (QED) is 0.368. The molecule has 2 heterocycles. The normalized spacial score (nSPS) is 19.6. The molecule has 0 bridgehead atoms. The fourth-order valence-electron chi connectivity index (χ4n) is 3.82. The molecule has 1 N–H and O–H groups in total. The van der Waals surface area contributed by atoms with Gasteiger partial charge in [-0.1, -0.05) is 18.2 Å². The molecule has 1 aromatic rings. The van der Waals surface area contributed by atoms with Gasteiger partial charge in [0.15, 0.2) is 5.96 Å². The van der Waals surface area contributed by atoms with E-state index in [9.17, 15) is 4.79 Å². The molecule has 0 unspecified atom stereocenters. The van der Waals surface area contributed by atoms with Gasteiger partial charge in [0.05, 0.1) is 0 Å². The van der Waals surface area contributed by atoms with Crippen LogP contribution in [-0.2, 0) is 4.79 Å². The summed E-state index contributed by atoms with van der Waals surface area (Å²) < 4.78 is 0.240. The average Bonchev–Trinajstić information content (AvgIpc) is 2.71. The first-order chi connectivity index (χ1) is 13.5. The van der Waals surface area contributed by atoms with Crippen molar-refractivity contribution in [3.63, 3.8) is 0 Å². The molecule has 8 heteroatoms. The second kappa shape index (κ2) is 11.3. The van der Waals surface area contributed by atoms with Crippen molar-refractivity contribution in [3.8, 4) is 0 Å². The van der Waals surface area contributed by atoms with Crippen LogP contribution in [0.3, 0.4) is 0 Å². The van der Waals surface area contributed by atoms with Crippen LogP contribution in [0.25, 0.3) is 0 Å². The molecule has 0 aromatic heterocycles. The van der Waals surface area contributed by atoms with Crippen molar-refractivity contribution in [1.29, 1.82) is 0 Å². The van der Waals surface area contributed by atoms with Crippen LogP contribution in [0.2, 0.25) is 0 Å². The largest absolute Gasteiger partial charge is 0.368 e. The van der Waals surface area contributed by atoms with Crippen LogP contribution < -0.4 is 10.2 Å². The highest BCUT2D eigenvalue weighted by Gasteiger charge is 2.28. The van der Waals surface area contributed by atoms with Gasteiger partial charge in [0.25, 0.3) is 0 Å². The molecule has 1 aromatic carbocycles. The summed E-state index contributed by atoms with van der Waals surface area (Å²) in [6.07, 6.45) is 0.510. The number of guanidine groups is 1. The number of aliphatic imine (C=N–C) groups is 1. The first kappa shape index (κ1) is 24.1. The summed E-state index contributed by atoms with van der Waals surface area (Å²) >= 11 is 2.01. The number of thioether (sulfide) groups is 1. The lowest BCUT2D eigenvalue weighted by molar-refractivity contribution is -0.131. The Morgan fingerprint density at radius 3 is 2.41 bits per heavy atom. The van der Waals surface area contributed by atoms with E-state index >= 15 is 0 Å². The zero-order valence-corrected chi connectivity index (χ0v) is 20.9. The summed E-state index contributed by atoms with van der Waals surface area (Å²) in [6.45, 7) is 10.5. The average molecular weight is 532 g/mol. The number of anilines is 1. The van der Waals surface area contributed by atoms with Crippen LogP contribution in [0.15, 0.2) is 35.3 Å². The molecule has 29 heavy (non-hydrogen) atoms. The first-order valence-corrected chi connectivity index (χ1v) is 11.1. The third-order valence-electron chi connectivity index (χ3n) is 5.31. The highest BCUT2D eigenvalue weighted by atomic mass is 127. The number of halogens is 1. The Hall–Kier alpha value is -1.16. The van der Waals surface area contributed by atoms with Gasteiger partial charge in [-0.05, 0) is 26.0 Å². The molecule has 1 amide bonds. The highest BCUT2D eigenvalue weighted by molar-refractivity contribution is 14.0. The van der Waals surface area contributed by atoms with Gasteiger partial charge in [0, 0.05) is 75.5 Å². The zero-order chi connectivity index (χ0) is 20.0. The van der Waals surface area contributed by atoms with Crippen LogP contribution in [0.1, 0.15) is 20.3 Å². The molecule has 2 aliphatic heterocycles. The van der Waals surface area contributed by atoms with Crippen LogP contribution >= 0.6 is 35.7 Å². The lowest BCUT2D eigenvalue weighted by atomic mass is 10.2. The van der Waals surface area contributed by atoms with Crippen molar-refractivity contribution in [1.82, 2.24) is 15.1 Å². The second-order valence-electron chi connectivity index (χ2n) is 7.96. The molecule has 0 spiro atoms. The predicted octanol–water partition coefficient (Wildman–Crippen LogP) is 2.75. The van der Waals surface area contributed by atoms with E-state index in [1.807, 2.05) is 29.8 Å². The van der Waals surface area contributed by atoms with Crippen molar-refractivity contribution >= 4 is 53.3 Å². The first-order valence-electron chi connectivity index (χ1n) is 10.2. The minimum atomic E-state index is 0. The third kappa shape index (κ3) is 6.94. The number of nitrogens with one attached hydrogen (secondary N) is 1. The van der Waals surface area contributed by atoms with E-state index in [0.717, 1.165) is 51.0 Å². The van der Waals surface area contributed by atoms with Crippen LogP contribution in [-0.4, -0.2) is 85.0 Å². The topological polar surface area (TPSA) is 51.2 Å². The van der Waals surface area contributed by atoms with Gasteiger partial charge in [-0.3, -0.25) is 9.79 Å². The highest BCUT2D eigenvalue weighted by Crippen LogP contribution is 2.29. The van der Waals surface area contributed by atoms with E-state index in [0.29, 0.717) is 13.0 Å². The van der Waals surface area contributed by atoms with E-state index in [1.165, 1.54) is 5.69 Å². The Labute approximate surface area is 196 Å². The summed E-state index contributed by atoms with van der Waals surface area (Å²) in [5.41, 5.74) is 1.24. The minimum Gasteiger partial charge on any atom is -0.368 e. The summed E-state index contributed by atoms with van der Waals surface area (Å²) in [6, 6.07) is 10.4. The maximum absolute atomic E-state index is 12.6. The van der Waals surface area contributed by atoms with Crippen LogP contribution in [0.4, 0.5) is 5.69 Å². The smallest absolute Gasteiger partial charge is 0.224 e. The maximum Gasteiger partial charge on any atom is 0.224 e. The Bertz CT molecular complexity index is 677. The standard InChI is InChI=1S/C21H33N5OS.HI/c1-21(2)17-26(15-16-28-21)20(22-3)23-10-9-19(27)25-13-11-24(12-14-25)18-7-5-4-6-8-18;/h4-8H,9-17H2,1-3H3,(H,22,23);1H. The summed E-state index contributed by atoms with van der Waals surface area (Å²) in [5, 5.41) is 3.39. The number of benzene rings is 1. The maximum atomic E-state index is 12.6. The Morgan fingerprint density at radius 2 is 1.79 bits per heavy atom. The molecule has 0 saturated carbocycles. The summed E-state index contributed by atoms with van der Waals surface area (Å²) in [5.74, 6) is 2.25. The number of piperazine rings is 1. The lowest BCUT2D eigenvalue weighted by Crippen LogP contribution is -2.52. The molecular formula is C21H34IN5OS. The van der Waals surface area contributed by atoms with Crippen LogP contribution in [0, 0.1) is 0 Å². The lowest BCUT2D eigenvalue weighted by Gasteiger charge is -2.39. The van der Waals surface area contributed by atoms with Crippen molar-refractivity contribution in [2.75, 3.05) is 63.5 Å². The predicted molar refractivity (Wildman–Crippen MR) is 135 cm³/mol. The van der Waals surface area contributed by atoms with Gasteiger partial charge in [0.2, 0.25) is 5.91 Å². The number of rotatable bonds is 4. The summed E-state index contributed by atoms with van der Waals surface area (Å²) in [4.78, 5) is 23.7. The van der Waals surface area contributed by atoms with E-state index < -0.39 is 0 Å².